The Morgan fingerprint density at radius 1 is 1.10 bits per heavy atom. The van der Waals surface area contributed by atoms with Crippen LogP contribution in [0.2, 0.25) is 0 Å². The summed E-state index contributed by atoms with van der Waals surface area (Å²) in [5, 5.41) is 8.02. The van der Waals surface area contributed by atoms with Gasteiger partial charge < -0.3 is 10.1 Å². The molecule has 6 nitrogen and oxygen atoms in total. The van der Waals surface area contributed by atoms with Gasteiger partial charge in [0.05, 0.1) is 13.3 Å². The molecule has 0 aromatic carbocycles. The normalized spacial score (nSPS) is 18.9. The molecule has 4 rings (SSSR count). The molecule has 1 aliphatic rings. The van der Waals surface area contributed by atoms with Gasteiger partial charge >= 0.3 is 0 Å². The second-order valence-electron chi connectivity index (χ2n) is 8.93. The molecule has 0 atom stereocenters. The van der Waals surface area contributed by atoms with Gasteiger partial charge in [-0.2, -0.15) is 5.10 Å². The minimum atomic E-state index is 0.362. The van der Waals surface area contributed by atoms with Crippen molar-refractivity contribution < 1.29 is 4.74 Å². The van der Waals surface area contributed by atoms with E-state index in [0.717, 1.165) is 34.9 Å². The lowest BCUT2D eigenvalue weighted by atomic mass is 9.79. The fourth-order valence-electron chi connectivity index (χ4n) is 4.45. The number of rotatable bonds is 7. The number of aromatic nitrogens is 4. The van der Waals surface area contributed by atoms with Crippen molar-refractivity contribution in [3.8, 4) is 17.0 Å². The van der Waals surface area contributed by atoms with Crippen molar-refractivity contribution in [2.75, 3.05) is 19.0 Å². The molecular weight excluding hydrogens is 386 g/mol. The van der Waals surface area contributed by atoms with E-state index in [4.69, 9.17) is 4.74 Å². The zero-order valence-corrected chi connectivity index (χ0v) is 19.0. The number of nitrogens with one attached hydrogen (secondary N) is 1. The monoisotopic (exact) mass is 419 g/mol. The molecule has 31 heavy (non-hydrogen) atoms. The van der Waals surface area contributed by atoms with Crippen LogP contribution in [0.3, 0.4) is 0 Å². The second-order valence-corrected chi connectivity index (χ2v) is 8.93. The summed E-state index contributed by atoms with van der Waals surface area (Å²) in [4.78, 5) is 8.98. The van der Waals surface area contributed by atoms with Gasteiger partial charge in [0.1, 0.15) is 5.82 Å². The van der Waals surface area contributed by atoms with Gasteiger partial charge in [-0.25, -0.2) is 9.97 Å². The van der Waals surface area contributed by atoms with Gasteiger partial charge in [0, 0.05) is 42.3 Å². The van der Waals surface area contributed by atoms with Gasteiger partial charge in [0.25, 0.3) is 0 Å². The third-order valence-electron chi connectivity index (χ3n) is 6.36. The van der Waals surface area contributed by atoms with Gasteiger partial charge in [0.15, 0.2) is 0 Å². The Morgan fingerprint density at radius 3 is 2.58 bits per heavy atom. The number of methoxy groups -OCH3 is 1. The highest BCUT2D eigenvalue weighted by atomic mass is 16.5. The Bertz CT molecular complexity index is 1000. The molecule has 3 aromatic heterocycles. The van der Waals surface area contributed by atoms with Crippen LogP contribution in [0.25, 0.3) is 11.1 Å². The molecule has 1 saturated carbocycles. The van der Waals surface area contributed by atoms with E-state index >= 15 is 0 Å². The lowest BCUT2D eigenvalue weighted by Crippen LogP contribution is -2.21. The summed E-state index contributed by atoms with van der Waals surface area (Å²) < 4.78 is 7.28. The van der Waals surface area contributed by atoms with E-state index in [-0.39, 0.29) is 0 Å². The first-order chi connectivity index (χ1) is 15.0. The van der Waals surface area contributed by atoms with Crippen molar-refractivity contribution in [3.63, 3.8) is 0 Å². The van der Waals surface area contributed by atoms with E-state index in [1.165, 1.54) is 31.2 Å². The number of hydrogen-bond acceptors (Lipinski definition) is 5. The van der Waals surface area contributed by atoms with E-state index in [1.807, 2.05) is 29.3 Å². The van der Waals surface area contributed by atoms with Gasteiger partial charge in [-0.1, -0.05) is 0 Å². The largest absolute Gasteiger partial charge is 0.481 e. The maximum Gasteiger partial charge on any atom is 0.215 e. The quantitative estimate of drug-likeness (QED) is 0.538. The predicted molar refractivity (Wildman–Crippen MR) is 125 cm³/mol. The number of nitrogens with zero attached hydrogens (tertiary/aromatic N) is 4. The molecule has 0 saturated heterocycles. The van der Waals surface area contributed by atoms with E-state index < -0.39 is 0 Å². The average molecular weight is 420 g/mol. The van der Waals surface area contributed by atoms with Crippen molar-refractivity contribution in [1.82, 2.24) is 19.7 Å². The smallest absolute Gasteiger partial charge is 0.215 e. The summed E-state index contributed by atoms with van der Waals surface area (Å²) >= 11 is 0. The number of hydrogen-bond donors (Lipinski definition) is 1. The fraction of sp³-hybridized carbons (Fsp3) is 0.480. The maximum absolute atomic E-state index is 5.30. The maximum atomic E-state index is 5.30. The zero-order valence-electron chi connectivity index (χ0n) is 19.0. The molecule has 3 aromatic rings. The summed E-state index contributed by atoms with van der Waals surface area (Å²) in [5.74, 6) is 2.95. The van der Waals surface area contributed by atoms with Crippen LogP contribution in [0.5, 0.6) is 5.88 Å². The van der Waals surface area contributed by atoms with E-state index in [2.05, 4.69) is 59.5 Å². The molecule has 0 spiro atoms. The number of ether oxygens (including phenoxy) is 1. The minimum Gasteiger partial charge on any atom is -0.481 e. The standard InChI is InChI=1S/C25H33N5O/c1-17(2)30-16-23(15-29-30)21-9-10-26-24(12-21)27-13-19-5-7-20(8-6-19)22-11-18(3)25(31-4)28-14-22/h9-12,14-17,19-20H,5-8,13H2,1-4H3,(H,26,27)/t19-,20-. The van der Waals surface area contributed by atoms with E-state index in [0.29, 0.717) is 17.9 Å². The predicted octanol–water partition coefficient (Wildman–Crippen LogP) is 5.62. The SMILES string of the molecule is COc1ncc([C@H]2CC[C@H](CNc3cc(-c4cnn(C(C)C)c4)ccn3)CC2)cc1C. The minimum absolute atomic E-state index is 0.362. The molecule has 1 N–H and O–H groups in total. The lowest BCUT2D eigenvalue weighted by molar-refractivity contribution is 0.337. The third kappa shape index (κ3) is 5.06. The molecular formula is C25H33N5O. The first-order valence-electron chi connectivity index (χ1n) is 11.3. The highest BCUT2D eigenvalue weighted by molar-refractivity contribution is 5.64. The van der Waals surface area contributed by atoms with Gasteiger partial charge in [-0.15, -0.1) is 0 Å². The van der Waals surface area contributed by atoms with Crippen molar-refractivity contribution >= 4 is 5.82 Å². The summed E-state index contributed by atoms with van der Waals surface area (Å²) in [6, 6.07) is 6.77. The molecule has 0 bridgehead atoms. The van der Waals surface area contributed by atoms with Crippen molar-refractivity contribution in [3.05, 3.63) is 54.1 Å². The number of anilines is 1. The topological polar surface area (TPSA) is 64.9 Å². The highest BCUT2D eigenvalue weighted by Crippen LogP contribution is 2.36. The summed E-state index contributed by atoms with van der Waals surface area (Å²) in [7, 11) is 1.68. The van der Waals surface area contributed by atoms with Crippen LogP contribution in [-0.2, 0) is 0 Å². The molecule has 1 fully saturated rings. The fourth-order valence-corrected chi connectivity index (χ4v) is 4.45. The van der Waals surface area contributed by atoms with Crippen LogP contribution < -0.4 is 10.1 Å². The molecule has 0 aliphatic heterocycles. The van der Waals surface area contributed by atoms with Crippen LogP contribution in [0.1, 0.15) is 62.6 Å². The highest BCUT2D eigenvalue weighted by Gasteiger charge is 2.23. The summed E-state index contributed by atoms with van der Waals surface area (Å²) in [6.07, 6.45) is 12.8. The first-order valence-corrected chi connectivity index (χ1v) is 11.3. The van der Waals surface area contributed by atoms with Crippen LogP contribution >= 0.6 is 0 Å². The third-order valence-corrected chi connectivity index (χ3v) is 6.36. The number of pyridine rings is 2. The second kappa shape index (κ2) is 9.50. The van der Waals surface area contributed by atoms with Crippen molar-refractivity contribution in [2.45, 2.75) is 58.4 Å². The average Bonchev–Trinajstić information content (AvgIpc) is 3.29. The van der Waals surface area contributed by atoms with Crippen molar-refractivity contribution in [2.24, 2.45) is 5.92 Å². The molecule has 0 unspecified atom stereocenters. The Labute approximate surface area is 185 Å². The number of aryl methyl sites for hydroxylation is 1. The van der Waals surface area contributed by atoms with Crippen molar-refractivity contribution in [1.29, 1.82) is 0 Å². The molecule has 1 aliphatic carbocycles. The Balaban J connectivity index is 1.31. The van der Waals surface area contributed by atoms with Gasteiger partial charge in [0.2, 0.25) is 5.88 Å². The first kappa shape index (κ1) is 21.3. The van der Waals surface area contributed by atoms with Gasteiger partial charge in [-0.3, -0.25) is 4.68 Å². The molecule has 0 radical (unpaired) electrons. The van der Waals surface area contributed by atoms with E-state index in [9.17, 15) is 0 Å². The van der Waals surface area contributed by atoms with Crippen LogP contribution in [0.4, 0.5) is 5.82 Å². The summed E-state index contributed by atoms with van der Waals surface area (Å²) in [6.45, 7) is 7.31. The Kier molecular flexibility index (Phi) is 6.54. The van der Waals surface area contributed by atoms with Gasteiger partial charge in [-0.05, 0) is 87.6 Å². The van der Waals surface area contributed by atoms with E-state index in [1.54, 1.807) is 7.11 Å². The van der Waals surface area contributed by atoms with Crippen LogP contribution in [-0.4, -0.2) is 33.4 Å². The summed E-state index contributed by atoms with van der Waals surface area (Å²) in [5.41, 5.74) is 4.74. The zero-order chi connectivity index (χ0) is 21.8. The molecule has 0 amide bonds. The van der Waals surface area contributed by atoms with Crippen LogP contribution in [0.15, 0.2) is 43.0 Å². The Morgan fingerprint density at radius 2 is 1.90 bits per heavy atom. The molecule has 6 heteroatoms. The Hall–Kier alpha value is -2.89. The molecule has 164 valence electrons. The van der Waals surface area contributed by atoms with Crippen LogP contribution in [0, 0.1) is 12.8 Å². The lowest BCUT2D eigenvalue weighted by Gasteiger charge is -2.29. The molecule has 3 heterocycles.